The van der Waals surface area contributed by atoms with E-state index in [1.54, 1.807) is 0 Å². The number of anilines is 1. The lowest BCUT2D eigenvalue weighted by atomic mass is 10.1. The van der Waals surface area contributed by atoms with Crippen LogP contribution in [0.4, 0.5) is 5.69 Å². The summed E-state index contributed by atoms with van der Waals surface area (Å²) < 4.78 is 5.74. The van der Waals surface area contributed by atoms with E-state index in [0.29, 0.717) is 13.0 Å². The second-order valence-corrected chi connectivity index (χ2v) is 6.19. The Labute approximate surface area is 138 Å². The zero-order chi connectivity index (χ0) is 17.0. The van der Waals surface area contributed by atoms with Gasteiger partial charge in [-0.1, -0.05) is 29.8 Å². The molecule has 0 aliphatic carbocycles. The van der Waals surface area contributed by atoms with Gasteiger partial charge in [0.05, 0.1) is 13.0 Å². The molecule has 0 aromatic heterocycles. The molecule has 3 heteroatoms. The van der Waals surface area contributed by atoms with Crippen molar-refractivity contribution in [2.45, 2.75) is 41.0 Å². The summed E-state index contributed by atoms with van der Waals surface area (Å²) in [5.41, 5.74) is 6.53. The van der Waals surface area contributed by atoms with Crippen LogP contribution in [-0.2, 0) is 4.79 Å². The number of nitrogens with one attached hydrogen (secondary N) is 1. The molecule has 2 aromatic rings. The van der Waals surface area contributed by atoms with Crippen molar-refractivity contribution >= 4 is 11.6 Å². The zero-order valence-electron chi connectivity index (χ0n) is 14.6. The van der Waals surface area contributed by atoms with Gasteiger partial charge in [0.25, 0.3) is 0 Å². The lowest BCUT2D eigenvalue weighted by molar-refractivity contribution is -0.116. The quantitative estimate of drug-likeness (QED) is 0.874. The fraction of sp³-hybridized carbons (Fsp3) is 0.350. The molecule has 2 aromatic carbocycles. The number of hydrogen-bond acceptors (Lipinski definition) is 2. The molecule has 0 fully saturated rings. The number of ether oxygens (including phenoxy) is 1. The minimum atomic E-state index is -0.0228. The highest BCUT2D eigenvalue weighted by molar-refractivity contribution is 5.92. The van der Waals surface area contributed by atoms with Crippen molar-refractivity contribution in [2.24, 2.45) is 0 Å². The minimum absolute atomic E-state index is 0.0228. The topological polar surface area (TPSA) is 38.3 Å². The molecule has 2 rings (SSSR count). The highest BCUT2D eigenvalue weighted by Crippen LogP contribution is 2.22. The second-order valence-electron chi connectivity index (χ2n) is 6.19. The van der Waals surface area contributed by atoms with Gasteiger partial charge in [-0.15, -0.1) is 0 Å². The standard InChI is InChI=1S/C20H25NO2/c1-13-6-7-15(3)18(12-13)23-9-8-19(22)21-20-16(4)10-14(2)11-17(20)5/h6-7,10-12H,8-9H2,1-5H3,(H,21,22). The summed E-state index contributed by atoms with van der Waals surface area (Å²) in [5.74, 6) is 0.825. The van der Waals surface area contributed by atoms with Gasteiger partial charge in [-0.05, 0) is 62.9 Å². The first-order valence-electron chi connectivity index (χ1n) is 7.94. The predicted molar refractivity (Wildman–Crippen MR) is 95.3 cm³/mol. The van der Waals surface area contributed by atoms with Crippen LogP contribution in [0.25, 0.3) is 0 Å². The van der Waals surface area contributed by atoms with E-state index >= 15 is 0 Å². The van der Waals surface area contributed by atoms with Crippen LogP contribution in [-0.4, -0.2) is 12.5 Å². The molecule has 0 aliphatic heterocycles. The first kappa shape index (κ1) is 17.1. The molecule has 0 saturated carbocycles. The minimum Gasteiger partial charge on any atom is -0.493 e. The Morgan fingerprint density at radius 1 is 0.913 bits per heavy atom. The third-order valence-electron chi connectivity index (χ3n) is 3.87. The Balaban J connectivity index is 1.92. The third kappa shape index (κ3) is 4.59. The van der Waals surface area contributed by atoms with Gasteiger partial charge in [-0.2, -0.15) is 0 Å². The maximum atomic E-state index is 12.2. The van der Waals surface area contributed by atoms with Crippen LogP contribution < -0.4 is 10.1 Å². The second kappa shape index (κ2) is 7.32. The maximum Gasteiger partial charge on any atom is 0.227 e. The van der Waals surface area contributed by atoms with Crippen LogP contribution in [0.1, 0.15) is 34.2 Å². The Bertz CT molecular complexity index is 697. The molecule has 0 bridgehead atoms. The van der Waals surface area contributed by atoms with Gasteiger partial charge >= 0.3 is 0 Å². The van der Waals surface area contributed by atoms with Crippen LogP contribution in [0.2, 0.25) is 0 Å². The molecule has 0 aliphatic rings. The molecule has 122 valence electrons. The number of aryl methyl sites for hydroxylation is 5. The Morgan fingerprint density at radius 3 is 2.22 bits per heavy atom. The van der Waals surface area contributed by atoms with E-state index in [2.05, 4.69) is 30.4 Å². The van der Waals surface area contributed by atoms with Gasteiger partial charge in [0.1, 0.15) is 5.75 Å². The fourth-order valence-electron chi connectivity index (χ4n) is 2.70. The molecule has 3 nitrogen and oxygen atoms in total. The summed E-state index contributed by atoms with van der Waals surface area (Å²) in [7, 11) is 0. The van der Waals surface area contributed by atoms with Crippen molar-refractivity contribution in [2.75, 3.05) is 11.9 Å². The van der Waals surface area contributed by atoms with E-state index < -0.39 is 0 Å². The smallest absolute Gasteiger partial charge is 0.227 e. The van der Waals surface area contributed by atoms with Gasteiger partial charge in [-0.3, -0.25) is 4.79 Å². The number of carbonyl (C=O) groups is 1. The number of hydrogen-bond donors (Lipinski definition) is 1. The summed E-state index contributed by atoms with van der Waals surface area (Å²) in [6.07, 6.45) is 0.333. The van der Waals surface area contributed by atoms with Crippen molar-refractivity contribution in [3.05, 3.63) is 58.1 Å². The monoisotopic (exact) mass is 311 g/mol. The Hall–Kier alpha value is -2.29. The maximum absolute atomic E-state index is 12.2. The van der Waals surface area contributed by atoms with E-state index in [1.165, 1.54) is 5.56 Å². The molecule has 0 saturated heterocycles. The molecule has 0 spiro atoms. The van der Waals surface area contributed by atoms with Gasteiger partial charge in [-0.25, -0.2) is 0 Å². The van der Waals surface area contributed by atoms with Gasteiger partial charge < -0.3 is 10.1 Å². The van der Waals surface area contributed by atoms with Crippen LogP contribution in [0.5, 0.6) is 5.75 Å². The van der Waals surface area contributed by atoms with Crippen LogP contribution in [0, 0.1) is 34.6 Å². The van der Waals surface area contributed by atoms with Crippen molar-refractivity contribution in [1.29, 1.82) is 0 Å². The van der Waals surface area contributed by atoms with Gasteiger partial charge in [0.2, 0.25) is 5.91 Å². The molecule has 1 amide bonds. The van der Waals surface area contributed by atoms with E-state index in [0.717, 1.165) is 33.7 Å². The van der Waals surface area contributed by atoms with E-state index in [1.807, 2.05) is 39.8 Å². The number of carbonyl (C=O) groups excluding carboxylic acids is 1. The van der Waals surface area contributed by atoms with Crippen LogP contribution in [0.15, 0.2) is 30.3 Å². The molecule has 23 heavy (non-hydrogen) atoms. The number of amides is 1. The first-order chi connectivity index (χ1) is 10.9. The van der Waals surface area contributed by atoms with Crippen molar-refractivity contribution in [3.8, 4) is 5.75 Å². The molecule has 0 radical (unpaired) electrons. The third-order valence-corrected chi connectivity index (χ3v) is 3.87. The normalized spacial score (nSPS) is 10.5. The summed E-state index contributed by atoms with van der Waals surface area (Å²) in [6, 6.07) is 10.2. The fourth-order valence-corrected chi connectivity index (χ4v) is 2.70. The zero-order valence-corrected chi connectivity index (χ0v) is 14.6. The SMILES string of the molecule is Cc1cc(C)c(NC(=O)CCOc2cc(C)ccc2C)c(C)c1. The van der Waals surface area contributed by atoms with E-state index in [9.17, 15) is 4.79 Å². The Kier molecular flexibility index (Phi) is 5.43. The lowest BCUT2D eigenvalue weighted by Crippen LogP contribution is -2.17. The summed E-state index contributed by atoms with van der Waals surface area (Å²) >= 11 is 0. The molecular weight excluding hydrogens is 286 g/mol. The summed E-state index contributed by atoms with van der Waals surface area (Å²) in [6.45, 7) is 10.5. The van der Waals surface area contributed by atoms with E-state index in [4.69, 9.17) is 4.74 Å². The van der Waals surface area contributed by atoms with Crippen molar-refractivity contribution < 1.29 is 9.53 Å². The highest BCUT2D eigenvalue weighted by Gasteiger charge is 2.09. The summed E-state index contributed by atoms with van der Waals surface area (Å²) in [5, 5.41) is 3.00. The largest absolute Gasteiger partial charge is 0.493 e. The average molecular weight is 311 g/mol. The predicted octanol–water partition coefficient (Wildman–Crippen LogP) is 4.64. The van der Waals surface area contributed by atoms with Gasteiger partial charge in [0.15, 0.2) is 0 Å². The van der Waals surface area contributed by atoms with Crippen molar-refractivity contribution in [1.82, 2.24) is 0 Å². The Morgan fingerprint density at radius 2 is 1.57 bits per heavy atom. The number of rotatable bonds is 5. The van der Waals surface area contributed by atoms with Gasteiger partial charge in [0, 0.05) is 5.69 Å². The van der Waals surface area contributed by atoms with Crippen molar-refractivity contribution in [3.63, 3.8) is 0 Å². The lowest BCUT2D eigenvalue weighted by Gasteiger charge is -2.13. The average Bonchev–Trinajstić information content (AvgIpc) is 2.46. The summed E-state index contributed by atoms with van der Waals surface area (Å²) in [4.78, 5) is 12.2. The van der Waals surface area contributed by atoms with Crippen LogP contribution >= 0.6 is 0 Å². The van der Waals surface area contributed by atoms with Crippen LogP contribution in [0.3, 0.4) is 0 Å². The molecular formula is C20H25NO2. The molecule has 0 heterocycles. The molecule has 0 unspecified atom stereocenters. The molecule has 1 N–H and O–H groups in total. The first-order valence-corrected chi connectivity index (χ1v) is 7.94. The highest BCUT2D eigenvalue weighted by atomic mass is 16.5. The molecule has 0 atom stereocenters. The van der Waals surface area contributed by atoms with E-state index in [-0.39, 0.29) is 5.91 Å². The number of benzene rings is 2.